The van der Waals surface area contributed by atoms with Crippen LogP contribution in [0, 0.1) is 6.92 Å². The molecule has 0 atom stereocenters. The minimum atomic E-state index is -4.61. The van der Waals surface area contributed by atoms with Crippen molar-refractivity contribution in [2.45, 2.75) is 24.5 Å². The lowest BCUT2D eigenvalue weighted by Gasteiger charge is -2.12. The maximum atomic E-state index is 12.7. The second kappa shape index (κ2) is 6.51. The summed E-state index contributed by atoms with van der Waals surface area (Å²) in [7, 11) is -4.08. The molecule has 0 heterocycles. The molecular formula is C15H13ClF3NO2S. The normalized spacial score (nSPS) is 12.4. The topological polar surface area (TPSA) is 46.2 Å². The van der Waals surface area contributed by atoms with Crippen molar-refractivity contribution < 1.29 is 21.6 Å². The molecule has 0 saturated carbocycles. The minimum absolute atomic E-state index is 0.107. The number of alkyl halides is 3. The van der Waals surface area contributed by atoms with Crippen molar-refractivity contribution in [3.63, 3.8) is 0 Å². The van der Waals surface area contributed by atoms with Gasteiger partial charge in [-0.3, -0.25) is 0 Å². The fraction of sp³-hybridized carbons (Fsp3) is 0.200. The first-order valence-corrected chi connectivity index (χ1v) is 8.38. The Labute approximate surface area is 137 Å². The van der Waals surface area contributed by atoms with Gasteiger partial charge in [0, 0.05) is 11.6 Å². The molecule has 0 aliphatic heterocycles. The Morgan fingerprint density at radius 3 is 2.39 bits per heavy atom. The van der Waals surface area contributed by atoms with E-state index in [0.29, 0.717) is 16.7 Å². The van der Waals surface area contributed by atoms with E-state index in [9.17, 15) is 21.6 Å². The zero-order valence-electron chi connectivity index (χ0n) is 12.0. The largest absolute Gasteiger partial charge is 0.416 e. The molecule has 2 aromatic rings. The van der Waals surface area contributed by atoms with E-state index in [4.69, 9.17) is 11.6 Å². The van der Waals surface area contributed by atoms with E-state index in [1.807, 2.05) is 0 Å². The van der Waals surface area contributed by atoms with Gasteiger partial charge in [0.15, 0.2) is 0 Å². The smallest absolute Gasteiger partial charge is 0.207 e. The number of halogens is 4. The molecule has 1 N–H and O–H groups in total. The van der Waals surface area contributed by atoms with Crippen LogP contribution in [0.5, 0.6) is 0 Å². The molecule has 124 valence electrons. The Bertz CT molecular complexity index is 799. The number of nitrogens with one attached hydrogen (secondary N) is 1. The first-order valence-electron chi connectivity index (χ1n) is 6.52. The summed E-state index contributed by atoms with van der Waals surface area (Å²) in [5.74, 6) is 0. The predicted octanol–water partition coefficient (Wildman–Crippen LogP) is 4.15. The molecule has 0 aliphatic rings. The lowest BCUT2D eigenvalue weighted by molar-refractivity contribution is -0.137. The van der Waals surface area contributed by atoms with Gasteiger partial charge >= 0.3 is 6.18 Å². The molecule has 0 spiro atoms. The quantitative estimate of drug-likeness (QED) is 0.887. The summed E-state index contributed by atoms with van der Waals surface area (Å²) in [5, 5.41) is 0.386. The van der Waals surface area contributed by atoms with Crippen molar-refractivity contribution in [3.05, 3.63) is 64.2 Å². The maximum absolute atomic E-state index is 12.7. The van der Waals surface area contributed by atoms with Gasteiger partial charge in [0.05, 0.1) is 10.5 Å². The Balaban J connectivity index is 2.26. The van der Waals surface area contributed by atoms with Crippen LogP contribution in [0.1, 0.15) is 16.7 Å². The van der Waals surface area contributed by atoms with Crippen LogP contribution in [0.4, 0.5) is 13.2 Å². The predicted molar refractivity (Wildman–Crippen MR) is 81.7 cm³/mol. The zero-order chi connectivity index (χ0) is 17.3. The Kier molecular flexibility index (Phi) is 5.03. The van der Waals surface area contributed by atoms with Crippen molar-refractivity contribution in [3.8, 4) is 0 Å². The van der Waals surface area contributed by atoms with Crippen LogP contribution in [-0.2, 0) is 22.7 Å². The highest BCUT2D eigenvalue weighted by Crippen LogP contribution is 2.30. The van der Waals surface area contributed by atoms with Crippen LogP contribution in [-0.4, -0.2) is 8.42 Å². The van der Waals surface area contributed by atoms with Crippen molar-refractivity contribution >= 4 is 21.6 Å². The minimum Gasteiger partial charge on any atom is -0.207 e. The summed E-state index contributed by atoms with van der Waals surface area (Å²) in [6, 6.07) is 8.68. The van der Waals surface area contributed by atoms with Gasteiger partial charge in [0.2, 0.25) is 10.0 Å². The van der Waals surface area contributed by atoms with E-state index >= 15 is 0 Å². The lowest BCUT2D eigenvalue weighted by Crippen LogP contribution is -2.24. The second-order valence-electron chi connectivity index (χ2n) is 4.89. The average Bonchev–Trinajstić information content (AvgIpc) is 2.46. The summed E-state index contributed by atoms with van der Waals surface area (Å²) in [6.45, 7) is 1.66. The Morgan fingerprint density at radius 1 is 1.13 bits per heavy atom. The zero-order valence-corrected chi connectivity index (χ0v) is 13.6. The monoisotopic (exact) mass is 363 g/mol. The highest BCUT2D eigenvalue weighted by Gasteiger charge is 2.31. The van der Waals surface area contributed by atoms with Crippen LogP contribution in [0.3, 0.4) is 0 Å². The third kappa shape index (κ3) is 4.25. The summed E-state index contributed by atoms with van der Waals surface area (Å²) >= 11 is 6.01. The van der Waals surface area contributed by atoms with Crippen LogP contribution >= 0.6 is 11.6 Å². The molecule has 0 radical (unpaired) electrons. The first kappa shape index (κ1) is 17.8. The molecule has 23 heavy (non-hydrogen) atoms. The Morgan fingerprint density at radius 2 is 1.78 bits per heavy atom. The molecular weight excluding hydrogens is 351 g/mol. The summed E-state index contributed by atoms with van der Waals surface area (Å²) in [4.78, 5) is -0.447. The van der Waals surface area contributed by atoms with E-state index < -0.39 is 26.7 Å². The second-order valence-corrected chi connectivity index (χ2v) is 7.06. The molecule has 2 aromatic carbocycles. The number of rotatable bonds is 4. The molecule has 0 aliphatic carbocycles. The van der Waals surface area contributed by atoms with E-state index in [1.54, 1.807) is 25.1 Å². The van der Waals surface area contributed by atoms with Gasteiger partial charge in [0.1, 0.15) is 0 Å². The maximum Gasteiger partial charge on any atom is 0.416 e. The molecule has 0 fully saturated rings. The van der Waals surface area contributed by atoms with Gasteiger partial charge in [-0.05, 0) is 42.3 Å². The third-order valence-electron chi connectivity index (χ3n) is 3.26. The van der Waals surface area contributed by atoms with Crippen molar-refractivity contribution in [2.75, 3.05) is 0 Å². The van der Waals surface area contributed by atoms with E-state index in [1.165, 1.54) is 0 Å². The highest BCUT2D eigenvalue weighted by molar-refractivity contribution is 7.89. The van der Waals surface area contributed by atoms with Crippen molar-refractivity contribution in [2.24, 2.45) is 0 Å². The van der Waals surface area contributed by atoms with Gasteiger partial charge in [0.25, 0.3) is 0 Å². The number of aryl methyl sites for hydroxylation is 1. The Hall–Kier alpha value is -1.57. The lowest BCUT2D eigenvalue weighted by atomic mass is 10.1. The highest BCUT2D eigenvalue weighted by atomic mass is 35.5. The van der Waals surface area contributed by atoms with Crippen molar-refractivity contribution in [1.29, 1.82) is 0 Å². The fourth-order valence-corrected chi connectivity index (χ4v) is 3.31. The number of hydrogen-bond donors (Lipinski definition) is 1. The van der Waals surface area contributed by atoms with Gasteiger partial charge < -0.3 is 0 Å². The number of sulfonamides is 1. The van der Waals surface area contributed by atoms with E-state index in [0.717, 1.165) is 23.8 Å². The van der Waals surface area contributed by atoms with E-state index in [-0.39, 0.29) is 6.54 Å². The third-order valence-corrected chi connectivity index (χ3v) is 5.02. The summed E-state index contributed by atoms with van der Waals surface area (Å²) in [5.41, 5.74) is 0.336. The van der Waals surface area contributed by atoms with Gasteiger partial charge in [-0.25, -0.2) is 13.1 Å². The number of hydrogen-bond acceptors (Lipinski definition) is 2. The van der Waals surface area contributed by atoms with E-state index in [2.05, 4.69) is 4.72 Å². The molecule has 3 nitrogen and oxygen atoms in total. The SMILES string of the molecule is Cc1cccc(Cl)c1CNS(=O)(=O)c1cccc(C(F)(F)F)c1. The standard InChI is InChI=1S/C15H13ClF3NO2S/c1-10-4-2-7-14(16)13(10)9-20-23(21,22)12-6-3-5-11(8-12)15(17,18)19/h2-8,20H,9H2,1H3. The summed E-state index contributed by atoms with van der Waals surface area (Å²) in [6.07, 6.45) is -4.61. The van der Waals surface area contributed by atoms with Crippen LogP contribution in [0.25, 0.3) is 0 Å². The number of benzene rings is 2. The fourth-order valence-electron chi connectivity index (χ4n) is 1.98. The molecule has 0 amide bonds. The molecule has 0 unspecified atom stereocenters. The first-order chi connectivity index (χ1) is 10.6. The van der Waals surface area contributed by atoms with Crippen LogP contribution < -0.4 is 4.72 Å². The molecule has 0 aromatic heterocycles. The van der Waals surface area contributed by atoms with Gasteiger partial charge in [-0.2, -0.15) is 13.2 Å². The van der Waals surface area contributed by atoms with Crippen LogP contribution in [0.2, 0.25) is 5.02 Å². The van der Waals surface area contributed by atoms with Crippen molar-refractivity contribution in [1.82, 2.24) is 4.72 Å². The van der Waals surface area contributed by atoms with Crippen LogP contribution in [0.15, 0.2) is 47.4 Å². The molecule has 2 rings (SSSR count). The molecule has 0 saturated heterocycles. The van der Waals surface area contributed by atoms with Gasteiger partial charge in [-0.15, -0.1) is 0 Å². The van der Waals surface area contributed by atoms with Gasteiger partial charge in [-0.1, -0.05) is 29.8 Å². The molecule has 0 bridgehead atoms. The summed E-state index contributed by atoms with van der Waals surface area (Å²) < 4.78 is 64.7. The average molecular weight is 364 g/mol. The molecule has 8 heteroatoms.